The van der Waals surface area contributed by atoms with Crippen LogP contribution in [0, 0.1) is 0 Å². The molecule has 1 aliphatic rings. The number of nitrogens with zero attached hydrogens (tertiary/aromatic N) is 3. The van der Waals surface area contributed by atoms with Crippen molar-refractivity contribution in [2.75, 3.05) is 18.1 Å². The van der Waals surface area contributed by atoms with Gasteiger partial charge in [-0.05, 0) is 61.0 Å². The lowest BCUT2D eigenvalue weighted by Gasteiger charge is -2.15. The Bertz CT molecular complexity index is 1020. The van der Waals surface area contributed by atoms with Gasteiger partial charge < -0.3 is 9.64 Å². The molecule has 29 heavy (non-hydrogen) atoms. The van der Waals surface area contributed by atoms with Crippen LogP contribution in [0.15, 0.2) is 67.0 Å². The number of esters is 1. The van der Waals surface area contributed by atoms with Crippen molar-refractivity contribution >= 4 is 23.3 Å². The van der Waals surface area contributed by atoms with Crippen molar-refractivity contribution in [3.8, 4) is 5.69 Å². The molecule has 0 bridgehead atoms. The fraction of sp³-hybridized carbons (Fsp3) is 0.182. The van der Waals surface area contributed by atoms with Crippen molar-refractivity contribution in [2.45, 2.75) is 12.8 Å². The Morgan fingerprint density at radius 1 is 0.966 bits per heavy atom. The van der Waals surface area contributed by atoms with E-state index in [1.54, 1.807) is 70.5 Å². The zero-order valence-corrected chi connectivity index (χ0v) is 15.7. The Labute approximate surface area is 167 Å². The number of aromatic nitrogens is 2. The highest BCUT2D eigenvalue weighted by atomic mass is 16.5. The van der Waals surface area contributed by atoms with Crippen LogP contribution in [0.3, 0.4) is 0 Å². The van der Waals surface area contributed by atoms with E-state index in [4.69, 9.17) is 4.74 Å². The summed E-state index contributed by atoms with van der Waals surface area (Å²) in [5.41, 5.74) is 2.39. The molecule has 1 aromatic heterocycles. The number of amides is 1. The molecule has 1 amide bonds. The largest absolute Gasteiger partial charge is 0.454 e. The summed E-state index contributed by atoms with van der Waals surface area (Å²) in [7, 11) is 0. The average molecular weight is 389 g/mol. The number of carbonyl (C=O) groups excluding carboxylic acids is 3. The summed E-state index contributed by atoms with van der Waals surface area (Å²) in [6.45, 7) is 0.352. The van der Waals surface area contributed by atoms with Gasteiger partial charge in [-0.2, -0.15) is 5.10 Å². The van der Waals surface area contributed by atoms with Crippen LogP contribution in [-0.2, 0) is 9.53 Å². The summed E-state index contributed by atoms with van der Waals surface area (Å²) in [6.07, 6.45) is 4.87. The van der Waals surface area contributed by atoms with E-state index in [2.05, 4.69) is 5.10 Å². The number of anilines is 1. The van der Waals surface area contributed by atoms with Crippen LogP contribution in [0.5, 0.6) is 0 Å². The van der Waals surface area contributed by atoms with Gasteiger partial charge >= 0.3 is 5.97 Å². The first-order valence-corrected chi connectivity index (χ1v) is 9.33. The van der Waals surface area contributed by atoms with Gasteiger partial charge in [0.15, 0.2) is 12.4 Å². The number of ketones is 1. The number of benzene rings is 2. The molecule has 0 aliphatic carbocycles. The van der Waals surface area contributed by atoms with Crippen LogP contribution >= 0.6 is 0 Å². The van der Waals surface area contributed by atoms with Crippen molar-refractivity contribution in [1.82, 2.24) is 9.78 Å². The molecule has 4 rings (SSSR count). The second-order valence-electron chi connectivity index (χ2n) is 6.69. The Hall–Kier alpha value is -3.74. The van der Waals surface area contributed by atoms with Gasteiger partial charge in [-0.3, -0.25) is 9.59 Å². The third-order valence-corrected chi connectivity index (χ3v) is 4.78. The van der Waals surface area contributed by atoms with Gasteiger partial charge in [-0.1, -0.05) is 0 Å². The van der Waals surface area contributed by atoms with Crippen molar-refractivity contribution in [3.05, 3.63) is 78.1 Å². The van der Waals surface area contributed by atoms with Gasteiger partial charge in [0.1, 0.15) is 0 Å². The second kappa shape index (κ2) is 8.10. The van der Waals surface area contributed by atoms with Gasteiger partial charge in [-0.25, -0.2) is 9.48 Å². The summed E-state index contributed by atoms with van der Waals surface area (Å²) in [6, 6.07) is 15.4. The third-order valence-electron chi connectivity index (χ3n) is 4.78. The normalized spacial score (nSPS) is 13.5. The lowest BCUT2D eigenvalue weighted by atomic mass is 10.1. The van der Waals surface area contributed by atoms with Crippen LogP contribution in [0.4, 0.5) is 5.69 Å². The first kappa shape index (κ1) is 18.6. The van der Waals surface area contributed by atoms with Crippen LogP contribution in [0.25, 0.3) is 5.69 Å². The van der Waals surface area contributed by atoms with Crippen LogP contribution in [-0.4, -0.2) is 40.6 Å². The number of hydrogen-bond donors (Lipinski definition) is 0. The van der Waals surface area contributed by atoms with E-state index in [9.17, 15) is 14.4 Å². The molecule has 0 unspecified atom stereocenters. The maximum atomic E-state index is 12.3. The molecule has 2 heterocycles. The smallest absolute Gasteiger partial charge is 0.338 e. The molecule has 3 aromatic rings. The molecular formula is C22H19N3O4. The Morgan fingerprint density at radius 2 is 1.66 bits per heavy atom. The molecule has 0 spiro atoms. The molecule has 146 valence electrons. The minimum atomic E-state index is -0.565. The Balaban J connectivity index is 1.34. The highest BCUT2D eigenvalue weighted by molar-refractivity contribution is 6.00. The molecule has 2 aromatic carbocycles. The zero-order chi connectivity index (χ0) is 20.2. The third kappa shape index (κ3) is 4.08. The highest BCUT2D eigenvalue weighted by Crippen LogP contribution is 2.21. The quantitative estimate of drug-likeness (QED) is 0.478. The molecule has 0 radical (unpaired) electrons. The molecule has 7 nitrogen and oxygen atoms in total. The SMILES string of the molecule is O=C(COC(=O)c1ccc(-n2cccn2)cc1)c1ccc(N2CCCC2=O)cc1. The van der Waals surface area contributed by atoms with Crippen molar-refractivity contribution in [3.63, 3.8) is 0 Å². The van der Waals surface area contributed by atoms with Crippen LogP contribution < -0.4 is 4.90 Å². The van der Waals surface area contributed by atoms with E-state index in [0.717, 1.165) is 17.8 Å². The summed E-state index contributed by atoms with van der Waals surface area (Å²) >= 11 is 0. The second-order valence-corrected chi connectivity index (χ2v) is 6.69. The maximum absolute atomic E-state index is 12.3. The fourth-order valence-corrected chi connectivity index (χ4v) is 3.22. The molecule has 1 aliphatic heterocycles. The Kier molecular flexibility index (Phi) is 5.20. The number of ether oxygens (including phenoxy) is 1. The molecule has 0 atom stereocenters. The Morgan fingerprint density at radius 3 is 2.28 bits per heavy atom. The van der Waals surface area contributed by atoms with Crippen molar-refractivity contribution < 1.29 is 19.1 Å². The number of carbonyl (C=O) groups is 3. The molecule has 1 fully saturated rings. The topological polar surface area (TPSA) is 81.5 Å². The fourth-order valence-electron chi connectivity index (χ4n) is 3.22. The molecular weight excluding hydrogens is 370 g/mol. The molecule has 0 saturated carbocycles. The summed E-state index contributed by atoms with van der Waals surface area (Å²) in [4.78, 5) is 38.0. The summed E-state index contributed by atoms with van der Waals surface area (Å²) < 4.78 is 6.83. The number of rotatable bonds is 6. The van der Waals surface area contributed by atoms with Crippen molar-refractivity contribution in [2.24, 2.45) is 0 Å². The van der Waals surface area contributed by atoms with E-state index in [-0.39, 0.29) is 18.3 Å². The van der Waals surface area contributed by atoms with E-state index in [0.29, 0.717) is 24.1 Å². The molecule has 1 saturated heterocycles. The monoisotopic (exact) mass is 389 g/mol. The van der Waals surface area contributed by atoms with Crippen molar-refractivity contribution in [1.29, 1.82) is 0 Å². The first-order valence-electron chi connectivity index (χ1n) is 9.33. The molecule has 0 N–H and O–H groups in total. The number of Topliss-reactive ketones (excluding diaryl/α,β-unsaturated/α-hetero) is 1. The minimum Gasteiger partial charge on any atom is -0.454 e. The average Bonchev–Trinajstić information content (AvgIpc) is 3.44. The van der Waals surface area contributed by atoms with E-state index >= 15 is 0 Å². The first-order chi connectivity index (χ1) is 14.1. The predicted octanol–water partition coefficient (Wildman–Crippen LogP) is 3.04. The standard InChI is InChI=1S/C22H19N3O4/c26-20(16-4-8-18(9-5-16)24-13-1-3-21(24)27)15-29-22(28)17-6-10-19(11-7-17)25-14-2-12-23-25/h2,4-12,14H,1,3,13,15H2. The summed E-state index contributed by atoms with van der Waals surface area (Å²) in [5, 5.41) is 4.12. The number of hydrogen-bond acceptors (Lipinski definition) is 5. The zero-order valence-electron chi connectivity index (χ0n) is 15.7. The van der Waals surface area contributed by atoms with Gasteiger partial charge in [0.2, 0.25) is 5.91 Å². The lowest BCUT2D eigenvalue weighted by molar-refractivity contribution is -0.117. The minimum absolute atomic E-state index is 0.0941. The maximum Gasteiger partial charge on any atom is 0.338 e. The van der Waals surface area contributed by atoms with E-state index in [1.807, 2.05) is 6.07 Å². The molecule has 7 heteroatoms. The predicted molar refractivity (Wildman–Crippen MR) is 106 cm³/mol. The van der Waals surface area contributed by atoms with Gasteiger partial charge in [0.25, 0.3) is 0 Å². The highest BCUT2D eigenvalue weighted by Gasteiger charge is 2.21. The van der Waals surface area contributed by atoms with Gasteiger partial charge in [-0.15, -0.1) is 0 Å². The van der Waals surface area contributed by atoms with Gasteiger partial charge in [0, 0.05) is 36.6 Å². The van der Waals surface area contributed by atoms with Gasteiger partial charge in [0.05, 0.1) is 11.3 Å². The lowest BCUT2D eigenvalue weighted by Crippen LogP contribution is -2.23. The van der Waals surface area contributed by atoms with Crippen LogP contribution in [0.1, 0.15) is 33.6 Å². The van der Waals surface area contributed by atoms with E-state index < -0.39 is 5.97 Å². The van der Waals surface area contributed by atoms with E-state index in [1.165, 1.54) is 0 Å². The van der Waals surface area contributed by atoms with Crippen LogP contribution in [0.2, 0.25) is 0 Å². The summed E-state index contributed by atoms with van der Waals surface area (Å²) in [5.74, 6) is -0.771.